The Morgan fingerprint density at radius 3 is 3.05 bits per heavy atom. The van der Waals surface area contributed by atoms with Crippen LogP contribution >= 0.6 is 0 Å². The second kappa shape index (κ2) is 4.85. The van der Waals surface area contributed by atoms with Crippen molar-refractivity contribution in [3.63, 3.8) is 0 Å². The van der Waals surface area contributed by atoms with E-state index in [0.717, 1.165) is 30.4 Å². The Bertz CT molecular complexity index is 501. The van der Waals surface area contributed by atoms with Crippen molar-refractivity contribution in [2.24, 2.45) is 0 Å². The summed E-state index contributed by atoms with van der Waals surface area (Å²) in [6.45, 7) is 3.29. The van der Waals surface area contributed by atoms with Gasteiger partial charge in [-0.25, -0.2) is 0 Å². The summed E-state index contributed by atoms with van der Waals surface area (Å²) in [6, 6.07) is 5.76. The summed E-state index contributed by atoms with van der Waals surface area (Å²) in [6.07, 6.45) is 3.53. The van der Waals surface area contributed by atoms with E-state index < -0.39 is 0 Å². The maximum absolute atomic E-state index is 12.7. The lowest BCUT2D eigenvalue weighted by molar-refractivity contribution is -0.0445. The Morgan fingerprint density at radius 1 is 1.42 bits per heavy atom. The maximum Gasteiger partial charge on any atom is 0.254 e. The number of benzene rings is 1. The number of nitrogens with zero attached hydrogens (tertiary/aromatic N) is 1. The molecule has 2 N–H and O–H groups in total. The van der Waals surface area contributed by atoms with Crippen LogP contribution in [0.15, 0.2) is 18.2 Å². The highest BCUT2D eigenvalue weighted by Gasteiger charge is 2.38. The summed E-state index contributed by atoms with van der Waals surface area (Å²) < 4.78 is 5.75. The fourth-order valence-corrected chi connectivity index (χ4v) is 3.26. The smallest absolute Gasteiger partial charge is 0.254 e. The van der Waals surface area contributed by atoms with E-state index in [9.17, 15) is 4.79 Å². The minimum Gasteiger partial charge on any atom is -0.399 e. The molecular formula is C15H20N2O2. The first kappa shape index (κ1) is 12.5. The topological polar surface area (TPSA) is 55.6 Å². The van der Waals surface area contributed by atoms with Crippen LogP contribution in [0.3, 0.4) is 0 Å². The molecule has 4 nitrogen and oxygen atoms in total. The summed E-state index contributed by atoms with van der Waals surface area (Å²) in [7, 11) is 0. The molecule has 19 heavy (non-hydrogen) atoms. The highest BCUT2D eigenvalue weighted by molar-refractivity contribution is 5.96. The van der Waals surface area contributed by atoms with Gasteiger partial charge in [0.1, 0.15) is 0 Å². The minimum atomic E-state index is 0.123. The third-order valence-electron chi connectivity index (χ3n) is 4.22. The van der Waals surface area contributed by atoms with Crippen molar-refractivity contribution in [2.75, 3.05) is 18.9 Å². The third kappa shape index (κ3) is 2.21. The number of hydrogen-bond donors (Lipinski definition) is 1. The number of morpholine rings is 1. The van der Waals surface area contributed by atoms with Crippen LogP contribution in [0.2, 0.25) is 0 Å². The fourth-order valence-electron chi connectivity index (χ4n) is 3.26. The monoisotopic (exact) mass is 260 g/mol. The molecule has 4 heteroatoms. The number of aryl methyl sites for hydroxylation is 1. The van der Waals surface area contributed by atoms with Gasteiger partial charge >= 0.3 is 0 Å². The van der Waals surface area contributed by atoms with E-state index in [1.165, 1.54) is 0 Å². The molecule has 1 aromatic rings. The SMILES string of the molecule is Cc1cc(N)ccc1C(=O)N1CCOC2CCCC21. The second-order valence-electron chi connectivity index (χ2n) is 5.48. The van der Waals surface area contributed by atoms with Crippen molar-refractivity contribution in [1.82, 2.24) is 4.90 Å². The van der Waals surface area contributed by atoms with Gasteiger partial charge in [0, 0.05) is 17.8 Å². The highest BCUT2D eigenvalue weighted by atomic mass is 16.5. The van der Waals surface area contributed by atoms with E-state index in [4.69, 9.17) is 10.5 Å². The van der Waals surface area contributed by atoms with Crippen molar-refractivity contribution in [2.45, 2.75) is 38.3 Å². The second-order valence-corrected chi connectivity index (χ2v) is 5.48. The average molecular weight is 260 g/mol. The van der Waals surface area contributed by atoms with Gasteiger partial charge in [-0.05, 0) is 49.9 Å². The van der Waals surface area contributed by atoms with E-state index >= 15 is 0 Å². The lowest BCUT2D eigenvalue weighted by Crippen LogP contribution is -2.51. The van der Waals surface area contributed by atoms with Gasteiger partial charge in [0.2, 0.25) is 0 Å². The van der Waals surface area contributed by atoms with Gasteiger partial charge in [-0.1, -0.05) is 0 Å². The van der Waals surface area contributed by atoms with Crippen LogP contribution in [-0.4, -0.2) is 36.1 Å². The summed E-state index contributed by atoms with van der Waals surface area (Å²) in [4.78, 5) is 14.7. The molecule has 2 atom stereocenters. The zero-order valence-electron chi connectivity index (χ0n) is 11.3. The standard InChI is InChI=1S/C15H20N2O2/c1-10-9-11(16)5-6-12(10)15(18)17-7-8-19-14-4-2-3-13(14)17/h5-6,9,13-14H,2-4,7-8,16H2,1H3. The van der Waals surface area contributed by atoms with Crippen molar-refractivity contribution in [3.8, 4) is 0 Å². The molecule has 0 bridgehead atoms. The Morgan fingerprint density at radius 2 is 2.26 bits per heavy atom. The molecule has 1 saturated carbocycles. The molecule has 1 aliphatic heterocycles. The number of amides is 1. The number of carbonyl (C=O) groups excluding carboxylic acids is 1. The summed E-state index contributed by atoms with van der Waals surface area (Å²) >= 11 is 0. The van der Waals surface area contributed by atoms with Crippen LogP contribution in [0.25, 0.3) is 0 Å². The van der Waals surface area contributed by atoms with Crippen LogP contribution in [0.1, 0.15) is 35.2 Å². The van der Waals surface area contributed by atoms with E-state index in [-0.39, 0.29) is 18.1 Å². The zero-order chi connectivity index (χ0) is 13.4. The van der Waals surface area contributed by atoms with Crippen LogP contribution in [0, 0.1) is 6.92 Å². The molecule has 3 rings (SSSR count). The molecule has 2 fully saturated rings. The van der Waals surface area contributed by atoms with Gasteiger partial charge < -0.3 is 15.4 Å². The summed E-state index contributed by atoms with van der Waals surface area (Å²) in [5, 5.41) is 0. The van der Waals surface area contributed by atoms with Crippen LogP contribution in [0.5, 0.6) is 0 Å². The molecule has 0 aromatic heterocycles. The average Bonchev–Trinajstić information content (AvgIpc) is 2.86. The number of nitrogen functional groups attached to an aromatic ring is 1. The molecular weight excluding hydrogens is 240 g/mol. The number of rotatable bonds is 1. The Balaban J connectivity index is 1.86. The van der Waals surface area contributed by atoms with Gasteiger partial charge in [0.25, 0.3) is 5.91 Å². The number of nitrogens with two attached hydrogens (primary N) is 1. The molecule has 1 saturated heterocycles. The van der Waals surface area contributed by atoms with E-state index in [0.29, 0.717) is 18.8 Å². The van der Waals surface area contributed by atoms with Crippen LogP contribution in [0.4, 0.5) is 5.69 Å². The molecule has 1 aliphatic carbocycles. The molecule has 2 aliphatic rings. The van der Waals surface area contributed by atoms with Gasteiger partial charge in [-0.3, -0.25) is 4.79 Å². The predicted octanol–water partition coefficient (Wildman–Crippen LogP) is 1.97. The predicted molar refractivity (Wildman–Crippen MR) is 74.0 cm³/mol. The molecule has 102 valence electrons. The maximum atomic E-state index is 12.7. The van der Waals surface area contributed by atoms with E-state index in [1.807, 2.05) is 24.0 Å². The summed E-state index contributed by atoms with van der Waals surface area (Å²) in [5.74, 6) is 0.123. The Kier molecular flexibility index (Phi) is 3.19. The van der Waals surface area contributed by atoms with Gasteiger partial charge in [0.15, 0.2) is 0 Å². The zero-order valence-corrected chi connectivity index (χ0v) is 11.3. The van der Waals surface area contributed by atoms with Crippen molar-refractivity contribution < 1.29 is 9.53 Å². The fraction of sp³-hybridized carbons (Fsp3) is 0.533. The normalized spacial score (nSPS) is 26.3. The number of hydrogen-bond acceptors (Lipinski definition) is 3. The minimum absolute atomic E-state index is 0.123. The van der Waals surface area contributed by atoms with Crippen LogP contribution < -0.4 is 5.73 Å². The molecule has 2 unspecified atom stereocenters. The Labute approximate surface area is 113 Å². The molecule has 1 aromatic carbocycles. The van der Waals surface area contributed by atoms with Gasteiger partial charge in [-0.2, -0.15) is 0 Å². The quantitative estimate of drug-likeness (QED) is 0.785. The third-order valence-corrected chi connectivity index (χ3v) is 4.22. The molecule has 0 spiro atoms. The largest absolute Gasteiger partial charge is 0.399 e. The Hall–Kier alpha value is -1.55. The van der Waals surface area contributed by atoms with E-state index in [2.05, 4.69) is 0 Å². The molecule has 1 amide bonds. The lowest BCUT2D eigenvalue weighted by Gasteiger charge is -2.38. The number of anilines is 1. The number of fused-ring (bicyclic) bond motifs is 1. The van der Waals surface area contributed by atoms with Crippen molar-refractivity contribution >= 4 is 11.6 Å². The van der Waals surface area contributed by atoms with Gasteiger partial charge in [0.05, 0.1) is 18.8 Å². The van der Waals surface area contributed by atoms with Crippen molar-refractivity contribution in [1.29, 1.82) is 0 Å². The number of carbonyl (C=O) groups is 1. The molecule has 0 radical (unpaired) electrons. The van der Waals surface area contributed by atoms with E-state index in [1.54, 1.807) is 6.07 Å². The van der Waals surface area contributed by atoms with Gasteiger partial charge in [-0.15, -0.1) is 0 Å². The highest BCUT2D eigenvalue weighted by Crippen LogP contribution is 2.31. The first-order valence-corrected chi connectivity index (χ1v) is 6.95. The lowest BCUT2D eigenvalue weighted by atomic mass is 10.0. The number of ether oxygens (including phenoxy) is 1. The molecule has 1 heterocycles. The first-order chi connectivity index (χ1) is 9.16. The summed E-state index contributed by atoms with van der Waals surface area (Å²) in [5.41, 5.74) is 8.17. The van der Waals surface area contributed by atoms with Crippen LogP contribution in [-0.2, 0) is 4.74 Å². The first-order valence-electron chi connectivity index (χ1n) is 6.95. The van der Waals surface area contributed by atoms with Crippen molar-refractivity contribution in [3.05, 3.63) is 29.3 Å².